The largest absolute Gasteiger partial charge is 0.394 e. The highest BCUT2D eigenvalue weighted by Crippen LogP contribution is 2.47. The number of sulfonamides is 1. The lowest BCUT2D eigenvalue weighted by Gasteiger charge is -2.34. The third-order valence-corrected chi connectivity index (χ3v) is 9.32. The zero-order valence-corrected chi connectivity index (χ0v) is 19.2. The van der Waals surface area contributed by atoms with Crippen LogP contribution in [0.25, 0.3) is 0 Å². The molecule has 1 saturated heterocycles. The molecule has 1 unspecified atom stereocenters. The van der Waals surface area contributed by atoms with Gasteiger partial charge in [0.2, 0.25) is 10.0 Å². The summed E-state index contributed by atoms with van der Waals surface area (Å²) < 4.78 is 33.6. The smallest absolute Gasteiger partial charge is 0.251 e. The Kier molecular flexibility index (Phi) is 8.17. The van der Waals surface area contributed by atoms with Crippen LogP contribution in [0.2, 0.25) is 0 Å². The van der Waals surface area contributed by atoms with E-state index >= 15 is 0 Å². The Morgan fingerprint density at radius 2 is 2.00 bits per heavy atom. The molecule has 8 nitrogen and oxygen atoms in total. The number of aryl methyl sites for hydroxylation is 2. The van der Waals surface area contributed by atoms with Crippen LogP contribution in [0, 0.1) is 6.92 Å². The van der Waals surface area contributed by atoms with E-state index in [9.17, 15) is 13.2 Å². The standard InChI is InChI=1S/C20H31N3O5S2/c1-3-16-14-17(15(2)21-20(16)25)18-4-5-19(29-18)30(26,27)23-8-6-22(7-9-23)10-12-28-13-11-24/h5,14,18,24H,3-4,6-13H2,1-2H3,(H,21,25). The number of aromatic amines is 1. The maximum Gasteiger partial charge on any atom is 0.251 e. The number of nitrogens with one attached hydrogen (secondary N) is 1. The number of nitrogens with zero attached hydrogens (tertiary/aromatic N) is 2. The number of thioether (sulfide) groups is 1. The van der Waals surface area contributed by atoms with Crippen molar-refractivity contribution >= 4 is 21.8 Å². The summed E-state index contributed by atoms with van der Waals surface area (Å²) in [5.41, 5.74) is 2.47. The second-order valence-corrected chi connectivity index (χ2v) is 10.9. The van der Waals surface area contributed by atoms with Crippen molar-refractivity contribution in [3.63, 3.8) is 0 Å². The number of aromatic nitrogens is 1. The van der Waals surface area contributed by atoms with E-state index in [1.807, 2.05) is 26.0 Å². The summed E-state index contributed by atoms with van der Waals surface area (Å²) in [7, 11) is -3.50. The number of hydrogen-bond donors (Lipinski definition) is 2. The van der Waals surface area contributed by atoms with Gasteiger partial charge in [-0.15, -0.1) is 11.8 Å². The van der Waals surface area contributed by atoms with Crippen molar-refractivity contribution in [2.75, 3.05) is 52.5 Å². The number of aliphatic hydroxyl groups excluding tert-OH is 1. The van der Waals surface area contributed by atoms with Crippen LogP contribution in [0.5, 0.6) is 0 Å². The molecule has 1 aromatic rings. The number of ether oxygens (including phenoxy) is 1. The van der Waals surface area contributed by atoms with Gasteiger partial charge in [-0.05, 0) is 31.4 Å². The first-order chi connectivity index (χ1) is 14.4. The summed E-state index contributed by atoms with van der Waals surface area (Å²) in [6.07, 6.45) is 3.10. The summed E-state index contributed by atoms with van der Waals surface area (Å²) in [6.45, 7) is 7.68. The predicted octanol–water partition coefficient (Wildman–Crippen LogP) is 1.22. The molecule has 2 aliphatic rings. The van der Waals surface area contributed by atoms with Gasteiger partial charge in [-0.1, -0.05) is 13.0 Å². The number of aliphatic hydroxyl groups is 1. The molecule has 0 amide bonds. The maximum atomic E-state index is 13.1. The quantitative estimate of drug-likeness (QED) is 0.538. The summed E-state index contributed by atoms with van der Waals surface area (Å²) in [5, 5.41) is 8.74. The second kappa shape index (κ2) is 10.4. The first kappa shape index (κ1) is 23.5. The molecule has 1 aromatic heterocycles. The SMILES string of the molecule is CCc1cc(C2CC=C(S(=O)(=O)N3CCN(CCOCCO)CC3)S2)c(C)[nH]c1=O. The summed E-state index contributed by atoms with van der Waals surface area (Å²) in [6, 6.07) is 1.92. The molecule has 1 fully saturated rings. The van der Waals surface area contributed by atoms with Gasteiger partial charge >= 0.3 is 0 Å². The molecule has 2 N–H and O–H groups in total. The molecule has 0 bridgehead atoms. The Morgan fingerprint density at radius 3 is 2.67 bits per heavy atom. The minimum absolute atomic E-state index is 0.00175. The van der Waals surface area contributed by atoms with E-state index in [1.165, 1.54) is 11.8 Å². The zero-order valence-electron chi connectivity index (χ0n) is 17.6. The Balaban J connectivity index is 1.59. The monoisotopic (exact) mass is 457 g/mol. The van der Waals surface area contributed by atoms with Gasteiger partial charge in [-0.2, -0.15) is 4.31 Å². The fraction of sp³-hybridized carbons (Fsp3) is 0.650. The third kappa shape index (κ3) is 5.35. The number of piperazine rings is 1. The van der Waals surface area contributed by atoms with Crippen LogP contribution < -0.4 is 5.56 Å². The number of rotatable bonds is 9. The van der Waals surface area contributed by atoms with Gasteiger partial charge < -0.3 is 14.8 Å². The van der Waals surface area contributed by atoms with Gasteiger partial charge in [0.1, 0.15) is 4.24 Å². The van der Waals surface area contributed by atoms with Crippen LogP contribution in [0.3, 0.4) is 0 Å². The van der Waals surface area contributed by atoms with Crippen LogP contribution in [-0.4, -0.2) is 80.3 Å². The van der Waals surface area contributed by atoms with Gasteiger partial charge in [0, 0.05) is 49.2 Å². The first-order valence-corrected chi connectivity index (χ1v) is 12.7. The Bertz CT molecular complexity index is 921. The summed E-state index contributed by atoms with van der Waals surface area (Å²) >= 11 is 1.38. The van der Waals surface area contributed by atoms with E-state index < -0.39 is 10.0 Å². The Hall–Kier alpha value is -1.17. The number of allylic oxidation sites excluding steroid dienone is 1. The molecule has 0 aliphatic carbocycles. The third-order valence-electron chi connectivity index (χ3n) is 5.55. The van der Waals surface area contributed by atoms with Gasteiger partial charge in [0.05, 0.1) is 19.8 Å². The number of pyridine rings is 1. The summed E-state index contributed by atoms with van der Waals surface area (Å²) in [4.78, 5) is 17.1. The highest BCUT2D eigenvalue weighted by atomic mass is 32.3. The van der Waals surface area contributed by atoms with Crippen molar-refractivity contribution in [2.45, 2.75) is 31.9 Å². The topological polar surface area (TPSA) is 103 Å². The number of H-pyrrole nitrogens is 1. The van der Waals surface area contributed by atoms with Crippen molar-refractivity contribution in [3.8, 4) is 0 Å². The molecule has 0 radical (unpaired) electrons. The van der Waals surface area contributed by atoms with E-state index in [2.05, 4.69) is 9.88 Å². The zero-order chi connectivity index (χ0) is 21.7. The minimum Gasteiger partial charge on any atom is -0.394 e. The molecule has 0 aromatic carbocycles. The van der Waals surface area contributed by atoms with Crippen LogP contribution >= 0.6 is 11.8 Å². The molecule has 0 saturated carbocycles. The van der Waals surface area contributed by atoms with Crippen LogP contribution in [-0.2, 0) is 21.2 Å². The van der Waals surface area contributed by atoms with E-state index in [1.54, 1.807) is 4.31 Å². The average Bonchev–Trinajstić information content (AvgIpc) is 3.22. The van der Waals surface area contributed by atoms with Crippen LogP contribution in [0.4, 0.5) is 0 Å². The molecular weight excluding hydrogens is 426 g/mol. The fourth-order valence-corrected chi connectivity index (χ4v) is 7.15. The van der Waals surface area contributed by atoms with Crippen molar-refractivity contribution in [2.24, 2.45) is 0 Å². The van der Waals surface area contributed by atoms with E-state index in [0.717, 1.165) is 23.4 Å². The fourth-order valence-electron chi connectivity index (χ4n) is 3.76. The number of hydrogen-bond acceptors (Lipinski definition) is 7. The molecule has 0 spiro atoms. The molecular formula is C20H31N3O5S2. The second-order valence-electron chi connectivity index (χ2n) is 7.50. The molecule has 10 heteroatoms. The van der Waals surface area contributed by atoms with Gasteiger partial charge in [0.15, 0.2) is 0 Å². The lowest BCUT2D eigenvalue weighted by atomic mass is 10.0. The van der Waals surface area contributed by atoms with Crippen molar-refractivity contribution in [3.05, 3.63) is 43.6 Å². The molecule has 2 aliphatic heterocycles. The molecule has 30 heavy (non-hydrogen) atoms. The molecule has 3 rings (SSSR count). The highest BCUT2D eigenvalue weighted by molar-refractivity contribution is 8.18. The Morgan fingerprint density at radius 1 is 1.27 bits per heavy atom. The van der Waals surface area contributed by atoms with E-state index in [-0.39, 0.29) is 17.4 Å². The molecule has 3 heterocycles. The normalized spacial score (nSPS) is 21.2. The van der Waals surface area contributed by atoms with Crippen molar-refractivity contribution in [1.29, 1.82) is 0 Å². The molecule has 168 valence electrons. The molecule has 1 atom stereocenters. The predicted molar refractivity (Wildman–Crippen MR) is 119 cm³/mol. The van der Waals surface area contributed by atoms with Crippen LogP contribution in [0.15, 0.2) is 21.2 Å². The highest BCUT2D eigenvalue weighted by Gasteiger charge is 2.35. The maximum absolute atomic E-state index is 13.1. The lowest BCUT2D eigenvalue weighted by molar-refractivity contribution is 0.0662. The van der Waals surface area contributed by atoms with E-state index in [4.69, 9.17) is 9.84 Å². The lowest BCUT2D eigenvalue weighted by Crippen LogP contribution is -2.49. The van der Waals surface area contributed by atoms with Gasteiger partial charge in [0.25, 0.3) is 5.56 Å². The van der Waals surface area contributed by atoms with Crippen LogP contribution in [0.1, 0.15) is 35.4 Å². The van der Waals surface area contributed by atoms with Gasteiger partial charge in [-0.25, -0.2) is 8.42 Å². The van der Waals surface area contributed by atoms with Gasteiger partial charge in [-0.3, -0.25) is 9.69 Å². The summed E-state index contributed by atoms with van der Waals surface area (Å²) in [5.74, 6) is 0. The van der Waals surface area contributed by atoms with Crippen molar-refractivity contribution < 1.29 is 18.3 Å². The van der Waals surface area contributed by atoms with Crippen molar-refractivity contribution in [1.82, 2.24) is 14.2 Å². The van der Waals surface area contributed by atoms with E-state index in [0.29, 0.717) is 56.5 Å². The minimum atomic E-state index is -3.50. The Labute approximate surface area is 182 Å². The average molecular weight is 458 g/mol. The first-order valence-electron chi connectivity index (χ1n) is 10.4.